The minimum atomic E-state index is -0.816. The van der Waals surface area contributed by atoms with Gasteiger partial charge in [-0.1, -0.05) is 24.5 Å². The van der Waals surface area contributed by atoms with Crippen LogP contribution in [0.25, 0.3) is 0 Å². The maximum atomic E-state index is 10.5. The largest absolute Gasteiger partial charge is 0.481 e. The highest BCUT2D eigenvalue weighted by Crippen LogP contribution is 2.42. The molecule has 2 radical (unpaired) electrons. The highest BCUT2D eigenvalue weighted by molar-refractivity contribution is 9.10. The molecule has 1 aliphatic carbocycles. The molecule has 0 bridgehead atoms. The molecule has 3 N–H and O–H groups in total. The molecule has 5 atom stereocenters. The van der Waals surface area contributed by atoms with Crippen molar-refractivity contribution < 1.29 is 20.1 Å². The molecule has 0 saturated heterocycles. The standard InChI is InChI=1S/C21H28BBrO4S3/c1-13-18(23)10-16(30-13)5-3-15(24)4-6-17-14(11-22)9-19(25)21(17)29-8-2-7-28-12-20(26)27/h2,4,6,8,10,14-15,17,19,21,24-25H,3,5,7,9,11-12H2,1H3,(H,26,27)/b6-4+,8-2-/t14-,15-,17-,19?,21+/m0/s1. The van der Waals surface area contributed by atoms with Gasteiger partial charge in [-0.05, 0) is 65.4 Å². The molecule has 0 aromatic carbocycles. The molecule has 0 aliphatic heterocycles. The van der Waals surface area contributed by atoms with Gasteiger partial charge in [0.15, 0.2) is 0 Å². The predicted octanol–water partition coefficient (Wildman–Crippen LogP) is 4.69. The van der Waals surface area contributed by atoms with Gasteiger partial charge < -0.3 is 15.3 Å². The van der Waals surface area contributed by atoms with Gasteiger partial charge in [-0.15, -0.1) is 34.9 Å². The van der Waals surface area contributed by atoms with Crippen LogP contribution < -0.4 is 0 Å². The molecule has 1 saturated carbocycles. The summed E-state index contributed by atoms with van der Waals surface area (Å²) in [6.45, 7) is 2.07. The zero-order valence-corrected chi connectivity index (χ0v) is 21.0. The third kappa shape index (κ3) is 8.39. The van der Waals surface area contributed by atoms with Crippen LogP contribution in [0.1, 0.15) is 22.6 Å². The molecule has 0 amide bonds. The molecule has 30 heavy (non-hydrogen) atoms. The number of carboxylic acids is 1. The zero-order chi connectivity index (χ0) is 22.1. The van der Waals surface area contributed by atoms with E-state index in [1.807, 2.05) is 23.6 Å². The van der Waals surface area contributed by atoms with E-state index < -0.39 is 18.2 Å². The first-order valence-corrected chi connectivity index (χ1v) is 13.6. The Morgan fingerprint density at radius 1 is 1.50 bits per heavy atom. The van der Waals surface area contributed by atoms with Crippen molar-refractivity contribution in [2.75, 3.05) is 11.5 Å². The SMILES string of the molecule is [B]C[C@@H]1CC(O)[C@H](S/C=C\CSCC(=O)O)[C@H]1/C=C/[C@@H](O)CCc1cc(Br)c(C)s1. The van der Waals surface area contributed by atoms with E-state index >= 15 is 0 Å². The van der Waals surface area contributed by atoms with Crippen molar-refractivity contribution in [3.05, 3.63) is 43.9 Å². The van der Waals surface area contributed by atoms with Crippen LogP contribution in [0.3, 0.4) is 0 Å². The number of aliphatic hydroxyl groups excluding tert-OH is 2. The lowest BCUT2D eigenvalue weighted by Gasteiger charge is -2.21. The number of aryl methyl sites for hydroxylation is 2. The number of aliphatic carboxylic acids is 1. The average molecular weight is 531 g/mol. The van der Waals surface area contributed by atoms with Crippen molar-refractivity contribution in [2.24, 2.45) is 11.8 Å². The van der Waals surface area contributed by atoms with Crippen LogP contribution in [0.15, 0.2) is 34.2 Å². The van der Waals surface area contributed by atoms with Gasteiger partial charge in [0.25, 0.3) is 0 Å². The summed E-state index contributed by atoms with van der Waals surface area (Å²) in [5, 5.41) is 31.5. The van der Waals surface area contributed by atoms with E-state index in [0.717, 1.165) is 10.9 Å². The van der Waals surface area contributed by atoms with Gasteiger partial charge in [-0.2, -0.15) is 0 Å². The van der Waals surface area contributed by atoms with E-state index in [-0.39, 0.29) is 22.8 Å². The van der Waals surface area contributed by atoms with Crippen molar-refractivity contribution in [3.63, 3.8) is 0 Å². The summed E-state index contributed by atoms with van der Waals surface area (Å²) in [4.78, 5) is 13.0. The van der Waals surface area contributed by atoms with Gasteiger partial charge in [0.05, 0.1) is 25.8 Å². The molecule has 4 nitrogen and oxygen atoms in total. The van der Waals surface area contributed by atoms with Crippen LogP contribution in [0.4, 0.5) is 0 Å². The number of aliphatic hydroxyl groups is 2. The molecule has 1 aromatic rings. The molecule has 1 aliphatic rings. The summed E-state index contributed by atoms with van der Waals surface area (Å²) >= 11 is 8.17. The van der Waals surface area contributed by atoms with Crippen molar-refractivity contribution in [3.8, 4) is 0 Å². The second-order valence-corrected chi connectivity index (χ2v) is 11.7. The summed E-state index contributed by atoms with van der Waals surface area (Å²) < 4.78 is 1.12. The minimum Gasteiger partial charge on any atom is -0.481 e. The van der Waals surface area contributed by atoms with Crippen LogP contribution in [0.5, 0.6) is 0 Å². The smallest absolute Gasteiger partial charge is 0.313 e. The lowest BCUT2D eigenvalue weighted by Crippen LogP contribution is -2.21. The molecule has 9 heteroatoms. The van der Waals surface area contributed by atoms with E-state index in [4.69, 9.17) is 13.0 Å². The molecule has 1 unspecified atom stereocenters. The first kappa shape index (κ1) is 26.1. The number of carboxylic acid groups (broad SMARTS) is 1. The van der Waals surface area contributed by atoms with Crippen molar-refractivity contribution in [1.29, 1.82) is 0 Å². The van der Waals surface area contributed by atoms with Crippen LogP contribution >= 0.6 is 50.8 Å². The number of hydrogen-bond acceptors (Lipinski definition) is 6. The highest BCUT2D eigenvalue weighted by Gasteiger charge is 2.39. The predicted molar refractivity (Wildman–Crippen MR) is 134 cm³/mol. The molecule has 164 valence electrons. The summed E-state index contributed by atoms with van der Waals surface area (Å²) in [6.07, 6.45) is 7.46. The fourth-order valence-electron chi connectivity index (χ4n) is 3.51. The van der Waals surface area contributed by atoms with Gasteiger partial charge in [-0.3, -0.25) is 4.79 Å². The summed E-state index contributed by atoms with van der Waals surface area (Å²) in [5.41, 5.74) is 0. The summed E-state index contributed by atoms with van der Waals surface area (Å²) in [5.74, 6) is 0.177. The van der Waals surface area contributed by atoms with E-state index in [2.05, 4.69) is 28.9 Å². The topological polar surface area (TPSA) is 77.8 Å². The van der Waals surface area contributed by atoms with Gasteiger partial charge >= 0.3 is 5.97 Å². The Bertz CT molecular complexity index is 720. The van der Waals surface area contributed by atoms with Gasteiger partial charge in [-0.25, -0.2) is 0 Å². The summed E-state index contributed by atoms with van der Waals surface area (Å²) in [6, 6.07) is 2.11. The molecule has 1 heterocycles. The van der Waals surface area contributed by atoms with Gasteiger partial charge in [0, 0.05) is 25.2 Å². The normalized spacial score (nSPS) is 25.5. The Morgan fingerprint density at radius 2 is 2.27 bits per heavy atom. The van der Waals surface area contributed by atoms with E-state index in [1.54, 1.807) is 23.1 Å². The maximum Gasteiger partial charge on any atom is 0.313 e. The fraction of sp³-hybridized carbons (Fsp3) is 0.571. The molecular formula is C21H28BBrO4S3. The van der Waals surface area contributed by atoms with Crippen LogP contribution in [0, 0.1) is 18.8 Å². The Morgan fingerprint density at radius 3 is 2.90 bits per heavy atom. The first-order valence-electron chi connectivity index (χ1n) is 9.91. The minimum absolute atomic E-state index is 0.0152. The molecule has 0 spiro atoms. The Balaban J connectivity index is 1.88. The van der Waals surface area contributed by atoms with Crippen molar-refractivity contribution in [2.45, 2.75) is 50.0 Å². The first-order chi connectivity index (χ1) is 14.3. The second-order valence-electron chi connectivity index (χ2n) is 7.37. The molecule has 2 rings (SSSR count). The number of rotatable bonds is 12. The Hall–Kier alpha value is -0.185. The summed E-state index contributed by atoms with van der Waals surface area (Å²) in [7, 11) is 5.93. The fourth-order valence-corrected chi connectivity index (χ4v) is 6.95. The lowest BCUT2D eigenvalue weighted by atomic mass is 9.83. The number of allylic oxidation sites excluding steroid dienone is 1. The van der Waals surface area contributed by atoms with Crippen LogP contribution in [0.2, 0.25) is 6.32 Å². The number of halogens is 1. The van der Waals surface area contributed by atoms with Crippen LogP contribution in [-0.2, 0) is 11.2 Å². The molecule has 1 fully saturated rings. The number of thiophene rings is 1. The average Bonchev–Trinajstić information content (AvgIpc) is 3.19. The van der Waals surface area contributed by atoms with E-state index in [1.165, 1.54) is 21.5 Å². The van der Waals surface area contributed by atoms with Crippen LogP contribution in [-0.4, -0.2) is 58.1 Å². The second kappa shape index (κ2) is 13.4. The Labute approximate surface area is 201 Å². The Kier molecular flexibility index (Phi) is 11.6. The number of hydrogen-bond donors (Lipinski definition) is 3. The van der Waals surface area contributed by atoms with E-state index in [9.17, 15) is 15.0 Å². The lowest BCUT2D eigenvalue weighted by molar-refractivity contribution is -0.133. The monoisotopic (exact) mass is 530 g/mol. The third-order valence-electron chi connectivity index (χ3n) is 5.07. The molecular weight excluding hydrogens is 503 g/mol. The zero-order valence-electron chi connectivity index (χ0n) is 16.9. The maximum absolute atomic E-state index is 10.5. The third-order valence-corrected chi connectivity index (χ3v) is 9.44. The van der Waals surface area contributed by atoms with Crippen molar-refractivity contribution in [1.82, 2.24) is 0 Å². The highest BCUT2D eigenvalue weighted by atomic mass is 79.9. The molecule has 1 aromatic heterocycles. The van der Waals surface area contributed by atoms with Gasteiger partial charge in [0.1, 0.15) is 0 Å². The number of thioether (sulfide) groups is 2. The van der Waals surface area contributed by atoms with E-state index in [0.29, 0.717) is 24.9 Å². The number of carbonyl (C=O) groups is 1. The quantitative estimate of drug-likeness (QED) is 0.207. The van der Waals surface area contributed by atoms with Crippen molar-refractivity contribution >= 4 is 64.6 Å². The van der Waals surface area contributed by atoms with Gasteiger partial charge in [0.2, 0.25) is 0 Å².